The third-order valence-corrected chi connectivity index (χ3v) is 2.22. The summed E-state index contributed by atoms with van der Waals surface area (Å²) in [5.41, 5.74) is 5.60. The monoisotopic (exact) mass is 266 g/mol. The molecule has 1 aromatic carbocycles. The number of rotatable bonds is 3. The van der Waals surface area contributed by atoms with Gasteiger partial charge in [0.15, 0.2) is 0 Å². The van der Waals surface area contributed by atoms with Gasteiger partial charge in [-0.3, -0.25) is 4.79 Å². The minimum atomic E-state index is -0.469. The summed E-state index contributed by atoms with van der Waals surface area (Å²) in [6.45, 7) is 2.11. The molecule has 1 atom stereocenters. The maximum atomic E-state index is 12.7. The molecule has 3 nitrogen and oxygen atoms in total. The summed E-state index contributed by atoms with van der Waals surface area (Å²) >= 11 is 5.72. The SMILES string of the molecule is C[C@@H](CN)NC(=O)c1ccc(F)cc1Cl.Cl. The topological polar surface area (TPSA) is 55.1 Å². The van der Waals surface area contributed by atoms with E-state index in [2.05, 4.69) is 5.32 Å². The van der Waals surface area contributed by atoms with E-state index in [-0.39, 0.29) is 34.9 Å². The Kier molecular flexibility index (Phi) is 6.33. The summed E-state index contributed by atoms with van der Waals surface area (Å²) < 4.78 is 12.7. The standard InChI is InChI=1S/C10H12ClFN2O.ClH/c1-6(5-13)14-10(15)8-3-2-7(12)4-9(8)11;/h2-4,6H,5,13H2,1H3,(H,14,15);1H/t6-;/m0./s1. The van der Waals surface area contributed by atoms with Crippen molar-refractivity contribution in [2.24, 2.45) is 5.73 Å². The number of nitrogens with one attached hydrogen (secondary N) is 1. The van der Waals surface area contributed by atoms with Gasteiger partial charge in [-0.05, 0) is 25.1 Å². The molecule has 0 fully saturated rings. The Hall–Kier alpha value is -0.840. The average Bonchev–Trinajstić information content (AvgIpc) is 2.17. The predicted octanol–water partition coefficient (Wildman–Crippen LogP) is 1.98. The predicted molar refractivity (Wildman–Crippen MR) is 64.6 cm³/mol. The van der Waals surface area contributed by atoms with Gasteiger partial charge in [0.1, 0.15) is 5.82 Å². The highest BCUT2D eigenvalue weighted by atomic mass is 35.5. The molecule has 6 heteroatoms. The zero-order valence-electron chi connectivity index (χ0n) is 8.67. The Morgan fingerprint density at radius 2 is 2.25 bits per heavy atom. The van der Waals surface area contributed by atoms with Gasteiger partial charge in [-0.25, -0.2) is 4.39 Å². The smallest absolute Gasteiger partial charge is 0.253 e. The number of benzene rings is 1. The number of amides is 1. The summed E-state index contributed by atoms with van der Waals surface area (Å²) in [6.07, 6.45) is 0. The van der Waals surface area contributed by atoms with Crippen LogP contribution < -0.4 is 11.1 Å². The van der Waals surface area contributed by atoms with Crippen LogP contribution in [0.25, 0.3) is 0 Å². The molecule has 0 spiro atoms. The maximum Gasteiger partial charge on any atom is 0.253 e. The zero-order chi connectivity index (χ0) is 11.4. The van der Waals surface area contributed by atoms with Crippen LogP contribution in [0.5, 0.6) is 0 Å². The first-order valence-electron chi connectivity index (χ1n) is 4.50. The van der Waals surface area contributed by atoms with Crippen LogP contribution in [0.3, 0.4) is 0 Å². The lowest BCUT2D eigenvalue weighted by molar-refractivity contribution is 0.0941. The molecular weight excluding hydrogens is 254 g/mol. The van der Waals surface area contributed by atoms with Gasteiger partial charge in [-0.1, -0.05) is 11.6 Å². The van der Waals surface area contributed by atoms with Crippen molar-refractivity contribution >= 4 is 29.9 Å². The molecule has 0 aliphatic heterocycles. The highest BCUT2D eigenvalue weighted by molar-refractivity contribution is 6.33. The van der Waals surface area contributed by atoms with Crippen LogP contribution in [-0.2, 0) is 0 Å². The zero-order valence-corrected chi connectivity index (χ0v) is 10.2. The van der Waals surface area contributed by atoms with E-state index in [9.17, 15) is 9.18 Å². The van der Waals surface area contributed by atoms with Crippen molar-refractivity contribution in [2.45, 2.75) is 13.0 Å². The van der Waals surface area contributed by atoms with Crippen LogP contribution in [0, 0.1) is 5.82 Å². The second-order valence-electron chi connectivity index (χ2n) is 3.23. The summed E-state index contributed by atoms with van der Waals surface area (Å²) in [7, 11) is 0. The second kappa shape index (κ2) is 6.68. The van der Waals surface area contributed by atoms with E-state index in [1.807, 2.05) is 0 Å². The Morgan fingerprint density at radius 3 is 2.75 bits per heavy atom. The molecule has 0 aliphatic carbocycles. The molecule has 1 aromatic rings. The Bertz CT molecular complexity index is 374. The Balaban J connectivity index is 0.00000225. The number of halogens is 3. The van der Waals surface area contributed by atoms with Gasteiger partial charge >= 0.3 is 0 Å². The van der Waals surface area contributed by atoms with E-state index in [0.29, 0.717) is 6.54 Å². The third kappa shape index (κ3) is 3.96. The van der Waals surface area contributed by atoms with Crippen molar-refractivity contribution in [3.8, 4) is 0 Å². The molecule has 1 amide bonds. The van der Waals surface area contributed by atoms with E-state index < -0.39 is 5.82 Å². The highest BCUT2D eigenvalue weighted by Gasteiger charge is 2.12. The van der Waals surface area contributed by atoms with Crippen LogP contribution in [0.2, 0.25) is 5.02 Å². The summed E-state index contributed by atoms with van der Waals surface area (Å²) in [5, 5.41) is 2.73. The molecule has 0 unspecified atom stereocenters. The normalized spacial score (nSPS) is 11.5. The van der Waals surface area contributed by atoms with Crippen LogP contribution in [-0.4, -0.2) is 18.5 Å². The van der Waals surface area contributed by atoms with Gasteiger partial charge in [0.05, 0.1) is 10.6 Å². The summed E-state index contributed by atoms with van der Waals surface area (Å²) in [5.74, 6) is -0.818. The number of nitrogens with two attached hydrogens (primary N) is 1. The fourth-order valence-electron chi connectivity index (χ4n) is 1.03. The van der Waals surface area contributed by atoms with Gasteiger partial charge in [-0.2, -0.15) is 0 Å². The fourth-order valence-corrected chi connectivity index (χ4v) is 1.29. The molecule has 0 radical (unpaired) electrons. The largest absolute Gasteiger partial charge is 0.348 e. The lowest BCUT2D eigenvalue weighted by atomic mass is 10.2. The van der Waals surface area contributed by atoms with Crippen molar-refractivity contribution in [3.05, 3.63) is 34.6 Å². The second-order valence-corrected chi connectivity index (χ2v) is 3.64. The average molecular weight is 267 g/mol. The van der Waals surface area contributed by atoms with E-state index in [4.69, 9.17) is 17.3 Å². The lowest BCUT2D eigenvalue weighted by Gasteiger charge is -2.11. The van der Waals surface area contributed by atoms with Gasteiger partial charge in [0, 0.05) is 12.6 Å². The molecule has 0 bridgehead atoms. The molecule has 1 rings (SSSR count). The molecule has 0 saturated carbocycles. The number of hydrogen-bond acceptors (Lipinski definition) is 2. The van der Waals surface area contributed by atoms with Gasteiger partial charge in [0.25, 0.3) is 5.91 Å². The quantitative estimate of drug-likeness (QED) is 0.879. The minimum Gasteiger partial charge on any atom is -0.348 e. The molecule has 0 aliphatic rings. The highest BCUT2D eigenvalue weighted by Crippen LogP contribution is 2.16. The van der Waals surface area contributed by atoms with Crippen molar-refractivity contribution in [3.63, 3.8) is 0 Å². The minimum absolute atomic E-state index is 0. The van der Waals surface area contributed by atoms with Crippen LogP contribution in [0.1, 0.15) is 17.3 Å². The number of carbonyl (C=O) groups excluding carboxylic acids is 1. The molecule has 16 heavy (non-hydrogen) atoms. The first kappa shape index (κ1) is 15.2. The third-order valence-electron chi connectivity index (χ3n) is 1.91. The lowest BCUT2D eigenvalue weighted by Crippen LogP contribution is -2.37. The summed E-state index contributed by atoms with van der Waals surface area (Å²) in [4.78, 5) is 11.6. The van der Waals surface area contributed by atoms with Crippen molar-refractivity contribution < 1.29 is 9.18 Å². The first-order valence-corrected chi connectivity index (χ1v) is 4.88. The molecule has 0 saturated heterocycles. The number of hydrogen-bond donors (Lipinski definition) is 2. The molecule has 90 valence electrons. The molecule has 3 N–H and O–H groups in total. The van der Waals surface area contributed by atoms with Crippen LogP contribution in [0.15, 0.2) is 18.2 Å². The van der Waals surface area contributed by atoms with E-state index in [0.717, 1.165) is 6.07 Å². The molecular formula is C10H13Cl2FN2O. The van der Waals surface area contributed by atoms with Crippen LogP contribution >= 0.6 is 24.0 Å². The maximum absolute atomic E-state index is 12.7. The van der Waals surface area contributed by atoms with E-state index in [1.54, 1.807) is 6.92 Å². The van der Waals surface area contributed by atoms with Gasteiger partial charge in [-0.15, -0.1) is 12.4 Å². The van der Waals surface area contributed by atoms with Crippen molar-refractivity contribution in [2.75, 3.05) is 6.54 Å². The van der Waals surface area contributed by atoms with Crippen molar-refractivity contribution in [1.29, 1.82) is 0 Å². The molecule has 0 heterocycles. The van der Waals surface area contributed by atoms with Crippen molar-refractivity contribution in [1.82, 2.24) is 5.32 Å². The fraction of sp³-hybridized carbons (Fsp3) is 0.300. The van der Waals surface area contributed by atoms with E-state index in [1.165, 1.54) is 12.1 Å². The summed E-state index contributed by atoms with van der Waals surface area (Å²) in [6, 6.07) is 3.49. The first-order chi connectivity index (χ1) is 7.04. The van der Waals surface area contributed by atoms with Gasteiger partial charge < -0.3 is 11.1 Å². The number of carbonyl (C=O) groups is 1. The van der Waals surface area contributed by atoms with Crippen LogP contribution in [0.4, 0.5) is 4.39 Å². The van der Waals surface area contributed by atoms with E-state index >= 15 is 0 Å². The Morgan fingerprint density at radius 1 is 1.62 bits per heavy atom. The van der Waals surface area contributed by atoms with Gasteiger partial charge in [0.2, 0.25) is 0 Å². The molecule has 0 aromatic heterocycles. The Labute approximate surface area is 105 Å².